The Kier molecular flexibility index (Phi) is 4.38. The first kappa shape index (κ1) is 13.5. The van der Waals surface area contributed by atoms with Gasteiger partial charge >= 0.3 is 0 Å². The third kappa shape index (κ3) is 3.31. The Morgan fingerprint density at radius 3 is 2.61 bits per heavy atom. The zero-order chi connectivity index (χ0) is 13.1. The van der Waals surface area contributed by atoms with Crippen LogP contribution in [0.2, 0.25) is 10.0 Å². The molecule has 2 aromatic carbocycles. The van der Waals surface area contributed by atoms with Crippen LogP contribution in [0.1, 0.15) is 5.56 Å². The van der Waals surface area contributed by atoms with Gasteiger partial charge in [0.05, 0.1) is 0 Å². The average Bonchev–Trinajstić information content (AvgIpc) is 2.32. The summed E-state index contributed by atoms with van der Waals surface area (Å²) in [6.45, 7) is 0. The van der Waals surface area contributed by atoms with E-state index in [2.05, 4.69) is 0 Å². The molecule has 0 spiro atoms. The highest BCUT2D eigenvalue weighted by molar-refractivity contribution is 7.98. The second kappa shape index (κ2) is 5.83. The summed E-state index contributed by atoms with van der Waals surface area (Å²) in [4.78, 5) is 0.709. The summed E-state index contributed by atoms with van der Waals surface area (Å²) in [5, 5.41) is 1.20. The smallest absolute Gasteiger partial charge is 0.124 e. The number of benzene rings is 2. The predicted molar refractivity (Wildman–Crippen MR) is 76.8 cm³/mol. The molecule has 0 saturated heterocycles. The molecule has 2 aromatic rings. The molecule has 0 aliphatic rings. The molecule has 0 aliphatic carbocycles. The normalized spacial score (nSPS) is 10.6. The van der Waals surface area contributed by atoms with Crippen molar-refractivity contribution in [2.24, 2.45) is 0 Å². The van der Waals surface area contributed by atoms with Crippen LogP contribution in [0.3, 0.4) is 0 Å². The molecule has 0 aromatic heterocycles. The monoisotopic (exact) mass is 301 g/mol. The van der Waals surface area contributed by atoms with Gasteiger partial charge in [0.1, 0.15) is 5.82 Å². The fraction of sp³-hybridized carbons (Fsp3) is 0.0769. The zero-order valence-corrected chi connectivity index (χ0v) is 11.6. The first-order chi connectivity index (χ1) is 8.56. The van der Waals surface area contributed by atoms with Crippen molar-refractivity contribution < 1.29 is 4.39 Å². The lowest BCUT2D eigenvalue weighted by Gasteiger charge is -2.07. The van der Waals surface area contributed by atoms with Gasteiger partial charge in [-0.1, -0.05) is 29.3 Å². The summed E-state index contributed by atoms with van der Waals surface area (Å²) in [6.07, 6.45) is 0. The third-order valence-electron chi connectivity index (χ3n) is 2.37. The zero-order valence-electron chi connectivity index (χ0n) is 9.29. The lowest BCUT2D eigenvalue weighted by Crippen LogP contribution is -1.90. The van der Waals surface area contributed by atoms with Crippen LogP contribution >= 0.6 is 35.0 Å². The maximum absolute atomic E-state index is 13.1. The number of nitrogen functional groups attached to an aromatic ring is 1. The fourth-order valence-corrected chi connectivity index (χ4v) is 2.98. The molecule has 0 atom stereocenters. The Labute approximate surface area is 119 Å². The van der Waals surface area contributed by atoms with E-state index in [9.17, 15) is 4.39 Å². The molecule has 0 heterocycles. The first-order valence-corrected chi connectivity index (χ1v) is 6.92. The van der Waals surface area contributed by atoms with Gasteiger partial charge in [-0.2, -0.15) is 0 Å². The number of anilines is 1. The van der Waals surface area contributed by atoms with Crippen molar-refractivity contribution in [1.82, 2.24) is 0 Å². The van der Waals surface area contributed by atoms with Gasteiger partial charge in [0.2, 0.25) is 0 Å². The van der Waals surface area contributed by atoms with Crippen molar-refractivity contribution in [3.05, 3.63) is 57.8 Å². The molecule has 0 aliphatic heterocycles. The molecule has 0 fully saturated rings. The Bertz CT molecular complexity index is 575. The van der Waals surface area contributed by atoms with Gasteiger partial charge < -0.3 is 5.73 Å². The van der Waals surface area contributed by atoms with Crippen LogP contribution in [-0.4, -0.2) is 0 Å². The van der Waals surface area contributed by atoms with Crippen molar-refractivity contribution in [1.29, 1.82) is 0 Å². The van der Waals surface area contributed by atoms with Gasteiger partial charge in [-0.15, -0.1) is 11.8 Å². The molecular weight excluding hydrogens is 292 g/mol. The van der Waals surface area contributed by atoms with E-state index in [0.717, 1.165) is 5.56 Å². The van der Waals surface area contributed by atoms with Crippen LogP contribution in [0, 0.1) is 5.82 Å². The maximum Gasteiger partial charge on any atom is 0.124 e. The van der Waals surface area contributed by atoms with E-state index >= 15 is 0 Å². The SMILES string of the molecule is Nc1ccc(F)cc1SCc1ccc(Cl)cc1Cl. The topological polar surface area (TPSA) is 26.0 Å². The highest BCUT2D eigenvalue weighted by Crippen LogP contribution is 2.31. The molecule has 0 unspecified atom stereocenters. The van der Waals surface area contributed by atoms with Gasteiger partial charge in [0, 0.05) is 26.4 Å². The second-order valence-corrected chi connectivity index (χ2v) is 5.57. The number of rotatable bonds is 3. The first-order valence-electron chi connectivity index (χ1n) is 5.18. The van der Waals surface area contributed by atoms with Crippen molar-refractivity contribution in [2.45, 2.75) is 10.6 Å². The van der Waals surface area contributed by atoms with Crippen LogP contribution in [0.4, 0.5) is 10.1 Å². The Morgan fingerprint density at radius 2 is 1.89 bits per heavy atom. The number of hydrogen-bond donors (Lipinski definition) is 1. The third-order valence-corrected chi connectivity index (χ3v) is 4.08. The number of halogens is 3. The quantitative estimate of drug-likeness (QED) is 0.637. The van der Waals surface area contributed by atoms with Crippen LogP contribution in [0.15, 0.2) is 41.3 Å². The standard InChI is InChI=1S/C13H10Cl2FNS/c14-9-2-1-8(11(15)5-9)7-18-13-6-10(16)3-4-12(13)17/h1-6H,7,17H2. The number of hydrogen-bond acceptors (Lipinski definition) is 2. The molecule has 0 radical (unpaired) electrons. The molecule has 18 heavy (non-hydrogen) atoms. The summed E-state index contributed by atoms with van der Waals surface area (Å²) >= 11 is 13.3. The Balaban J connectivity index is 2.13. The molecule has 2 rings (SSSR count). The average molecular weight is 302 g/mol. The van der Waals surface area contributed by atoms with Crippen molar-refractivity contribution in [2.75, 3.05) is 5.73 Å². The molecule has 0 amide bonds. The summed E-state index contributed by atoms with van der Waals surface area (Å²) < 4.78 is 13.1. The van der Waals surface area contributed by atoms with Gasteiger partial charge in [0.25, 0.3) is 0 Å². The van der Waals surface area contributed by atoms with Crippen LogP contribution in [0.5, 0.6) is 0 Å². The minimum Gasteiger partial charge on any atom is -0.398 e. The number of thioether (sulfide) groups is 1. The maximum atomic E-state index is 13.1. The summed E-state index contributed by atoms with van der Waals surface area (Å²) in [6, 6.07) is 9.64. The van der Waals surface area contributed by atoms with Gasteiger partial charge in [-0.05, 0) is 35.9 Å². The van der Waals surface area contributed by atoms with E-state index in [0.29, 0.717) is 26.4 Å². The molecule has 2 N–H and O–H groups in total. The lowest BCUT2D eigenvalue weighted by molar-refractivity contribution is 0.624. The van der Waals surface area contributed by atoms with Gasteiger partial charge in [-0.25, -0.2) is 4.39 Å². The highest BCUT2D eigenvalue weighted by Gasteiger charge is 2.05. The molecular formula is C13H10Cl2FNS. The Hall–Kier alpha value is -0.900. The van der Waals surface area contributed by atoms with Gasteiger partial charge in [-0.3, -0.25) is 0 Å². The molecule has 94 valence electrons. The van der Waals surface area contributed by atoms with Crippen molar-refractivity contribution in [3.63, 3.8) is 0 Å². The van der Waals surface area contributed by atoms with Crippen LogP contribution in [-0.2, 0) is 5.75 Å². The molecule has 5 heteroatoms. The molecule has 1 nitrogen and oxygen atoms in total. The largest absolute Gasteiger partial charge is 0.398 e. The van der Waals surface area contributed by atoms with E-state index in [1.54, 1.807) is 18.2 Å². The minimum absolute atomic E-state index is 0.297. The highest BCUT2D eigenvalue weighted by atomic mass is 35.5. The van der Waals surface area contributed by atoms with E-state index in [-0.39, 0.29) is 5.82 Å². The Morgan fingerprint density at radius 1 is 1.11 bits per heavy atom. The predicted octanol–water partition coefficient (Wildman–Crippen LogP) is 5.01. The number of nitrogens with two attached hydrogens (primary N) is 1. The minimum atomic E-state index is -0.297. The van der Waals surface area contributed by atoms with Crippen molar-refractivity contribution in [3.8, 4) is 0 Å². The van der Waals surface area contributed by atoms with Crippen LogP contribution in [0.25, 0.3) is 0 Å². The van der Waals surface area contributed by atoms with E-state index < -0.39 is 0 Å². The lowest BCUT2D eigenvalue weighted by atomic mass is 10.2. The van der Waals surface area contributed by atoms with Crippen molar-refractivity contribution >= 4 is 40.7 Å². The molecule has 0 saturated carbocycles. The second-order valence-electron chi connectivity index (χ2n) is 3.71. The van der Waals surface area contributed by atoms with E-state index in [4.69, 9.17) is 28.9 Å². The van der Waals surface area contributed by atoms with E-state index in [1.807, 2.05) is 6.07 Å². The summed E-state index contributed by atoms with van der Waals surface area (Å²) in [5.74, 6) is 0.317. The summed E-state index contributed by atoms with van der Waals surface area (Å²) in [7, 11) is 0. The van der Waals surface area contributed by atoms with Crippen LogP contribution < -0.4 is 5.73 Å². The summed E-state index contributed by atoms with van der Waals surface area (Å²) in [5.41, 5.74) is 7.28. The van der Waals surface area contributed by atoms with E-state index in [1.165, 1.54) is 23.9 Å². The van der Waals surface area contributed by atoms with Gasteiger partial charge in [0.15, 0.2) is 0 Å². The fourth-order valence-electron chi connectivity index (χ4n) is 1.43. The molecule has 0 bridgehead atoms.